The van der Waals surface area contributed by atoms with Gasteiger partial charge in [0.15, 0.2) is 6.61 Å². The molecule has 0 radical (unpaired) electrons. The molecule has 3 aromatic carbocycles. The van der Waals surface area contributed by atoms with Crippen molar-refractivity contribution in [3.63, 3.8) is 0 Å². The van der Waals surface area contributed by atoms with Gasteiger partial charge in [0.1, 0.15) is 23.1 Å². The quantitative estimate of drug-likeness (QED) is 0.236. The number of rotatable bonds is 8. The van der Waals surface area contributed by atoms with E-state index in [1.54, 1.807) is 55.6 Å². The first kappa shape index (κ1) is 23.8. The second kappa shape index (κ2) is 11.7. The molecule has 33 heavy (non-hydrogen) atoms. The molecule has 2 N–H and O–H groups in total. The monoisotopic (exact) mass is 553 g/mol. The topological polar surface area (TPSA) is 100 Å². The van der Waals surface area contributed by atoms with E-state index in [1.807, 2.05) is 30.3 Å². The summed E-state index contributed by atoms with van der Waals surface area (Å²) in [7, 11) is 1.56. The maximum absolute atomic E-state index is 12.4. The van der Waals surface area contributed by atoms with Gasteiger partial charge in [-0.05, 0) is 82.8 Å². The Labute approximate surface area is 205 Å². The van der Waals surface area contributed by atoms with Crippen LogP contribution < -0.4 is 20.1 Å². The lowest BCUT2D eigenvalue weighted by molar-refractivity contribution is -0.118. The molecule has 0 saturated heterocycles. The summed E-state index contributed by atoms with van der Waals surface area (Å²) in [5.41, 5.74) is 1.88. The molecular weight excluding hydrogens is 533 g/mol. The van der Waals surface area contributed by atoms with E-state index in [0.717, 1.165) is 9.26 Å². The number of para-hydroxylation sites is 1. The van der Waals surface area contributed by atoms with Crippen LogP contribution in [0.15, 0.2) is 78.4 Å². The van der Waals surface area contributed by atoms with E-state index in [4.69, 9.17) is 9.47 Å². The van der Waals surface area contributed by atoms with Crippen LogP contribution in [0.4, 0.5) is 11.4 Å². The van der Waals surface area contributed by atoms with Crippen LogP contribution in [0.3, 0.4) is 0 Å². The first-order valence-corrected chi connectivity index (χ1v) is 10.9. The molecule has 0 bridgehead atoms. The van der Waals surface area contributed by atoms with Crippen molar-refractivity contribution in [3.8, 4) is 17.6 Å². The van der Waals surface area contributed by atoms with Gasteiger partial charge in [-0.2, -0.15) is 5.26 Å². The summed E-state index contributed by atoms with van der Waals surface area (Å²) in [5.74, 6) is 0.366. The number of anilines is 2. The second-order valence-electron chi connectivity index (χ2n) is 6.74. The van der Waals surface area contributed by atoms with Crippen molar-refractivity contribution in [1.82, 2.24) is 0 Å². The molecular formula is C25H20IN3O4. The highest BCUT2D eigenvalue weighted by Gasteiger charge is 2.10. The molecule has 0 aromatic heterocycles. The molecule has 2 amide bonds. The average Bonchev–Trinajstić information content (AvgIpc) is 2.84. The summed E-state index contributed by atoms with van der Waals surface area (Å²) in [6, 6.07) is 22.9. The first-order chi connectivity index (χ1) is 16.0. The van der Waals surface area contributed by atoms with Gasteiger partial charge in [0.25, 0.3) is 11.8 Å². The van der Waals surface area contributed by atoms with Crippen molar-refractivity contribution in [3.05, 3.63) is 87.5 Å². The third kappa shape index (κ3) is 7.08. The predicted octanol–water partition coefficient (Wildman–Crippen LogP) is 4.86. The fraction of sp³-hybridized carbons (Fsp3) is 0.0800. The summed E-state index contributed by atoms with van der Waals surface area (Å²) in [5, 5.41) is 14.9. The van der Waals surface area contributed by atoms with Crippen LogP contribution in [0.5, 0.6) is 11.5 Å². The minimum Gasteiger partial charge on any atom is -0.497 e. The molecule has 3 aromatic rings. The van der Waals surface area contributed by atoms with E-state index in [1.165, 1.54) is 6.08 Å². The number of halogens is 1. The number of benzene rings is 3. The van der Waals surface area contributed by atoms with E-state index < -0.39 is 5.91 Å². The maximum Gasteiger partial charge on any atom is 0.266 e. The Morgan fingerprint density at radius 1 is 0.970 bits per heavy atom. The Balaban J connectivity index is 1.57. The lowest BCUT2D eigenvalue weighted by atomic mass is 10.1. The standard InChI is InChI=1S/C25H20IN3O4/c1-32-20-12-8-19(9-13-20)28-25(31)18(15-27)14-17-6-10-21(11-7-17)33-16-24(30)29-23-5-3-2-4-22(23)26/h2-14H,16H2,1H3,(H,28,31)(H,29,30)/b18-14+. The summed E-state index contributed by atoms with van der Waals surface area (Å²) >= 11 is 2.15. The zero-order valence-electron chi connectivity index (χ0n) is 17.7. The number of methoxy groups -OCH3 is 1. The molecule has 0 unspecified atom stereocenters. The molecule has 7 nitrogen and oxygen atoms in total. The number of carbonyl (C=O) groups is 2. The molecule has 0 aliphatic rings. The fourth-order valence-corrected chi connectivity index (χ4v) is 3.27. The van der Waals surface area contributed by atoms with Gasteiger partial charge >= 0.3 is 0 Å². The molecule has 166 valence electrons. The summed E-state index contributed by atoms with van der Waals surface area (Å²) in [6.45, 7) is -0.145. The van der Waals surface area contributed by atoms with Crippen molar-refractivity contribution in [2.24, 2.45) is 0 Å². The third-order valence-corrected chi connectivity index (χ3v) is 5.36. The molecule has 0 spiro atoms. The van der Waals surface area contributed by atoms with Crippen LogP contribution in [-0.4, -0.2) is 25.5 Å². The molecule has 0 fully saturated rings. The molecule has 8 heteroatoms. The van der Waals surface area contributed by atoms with Crippen LogP contribution >= 0.6 is 22.6 Å². The minimum absolute atomic E-state index is 0.0451. The number of ether oxygens (including phenoxy) is 2. The van der Waals surface area contributed by atoms with Gasteiger partial charge in [0.2, 0.25) is 0 Å². The largest absolute Gasteiger partial charge is 0.497 e. The Hall–Kier alpha value is -3.84. The van der Waals surface area contributed by atoms with Crippen molar-refractivity contribution < 1.29 is 19.1 Å². The van der Waals surface area contributed by atoms with Crippen molar-refractivity contribution in [2.75, 3.05) is 24.4 Å². The third-order valence-electron chi connectivity index (χ3n) is 4.42. The van der Waals surface area contributed by atoms with Gasteiger partial charge in [-0.3, -0.25) is 9.59 Å². The van der Waals surface area contributed by atoms with Crippen LogP contribution in [-0.2, 0) is 9.59 Å². The van der Waals surface area contributed by atoms with E-state index in [9.17, 15) is 14.9 Å². The Kier molecular flexibility index (Phi) is 8.43. The molecule has 0 heterocycles. The molecule has 0 aliphatic heterocycles. The zero-order valence-corrected chi connectivity index (χ0v) is 19.8. The Morgan fingerprint density at radius 3 is 2.27 bits per heavy atom. The van der Waals surface area contributed by atoms with Gasteiger partial charge in [-0.25, -0.2) is 0 Å². The van der Waals surface area contributed by atoms with E-state index >= 15 is 0 Å². The number of carbonyl (C=O) groups excluding carboxylic acids is 2. The summed E-state index contributed by atoms with van der Waals surface area (Å²) in [4.78, 5) is 24.5. The lowest BCUT2D eigenvalue weighted by Crippen LogP contribution is -2.20. The number of nitrogens with zero attached hydrogens (tertiary/aromatic N) is 1. The average molecular weight is 553 g/mol. The molecule has 0 atom stereocenters. The smallest absolute Gasteiger partial charge is 0.266 e. The highest BCUT2D eigenvalue weighted by atomic mass is 127. The highest BCUT2D eigenvalue weighted by molar-refractivity contribution is 14.1. The van der Waals surface area contributed by atoms with Crippen LogP contribution in [0.2, 0.25) is 0 Å². The Bertz CT molecular complexity index is 1200. The zero-order chi connectivity index (χ0) is 23.6. The summed E-state index contributed by atoms with van der Waals surface area (Å²) in [6.07, 6.45) is 1.48. The number of nitrogens with one attached hydrogen (secondary N) is 2. The summed E-state index contributed by atoms with van der Waals surface area (Å²) < 4.78 is 11.5. The Morgan fingerprint density at radius 2 is 1.64 bits per heavy atom. The van der Waals surface area contributed by atoms with Crippen molar-refractivity contribution in [2.45, 2.75) is 0 Å². The van der Waals surface area contributed by atoms with Gasteiger partial charge in [-0.1, -0.05) is 24.3 Å². The maximum atomic E-state index is 12.4. The van der Waals surface area contributed by atoms with Crippen LogP contribution in [0.25, 0.3) is 6.08 Å². The minimum atomic E-state index is -0.518. The highest BCUT2D eigenvalue weighted by Crippen LogP contribution is 2.19. The number of nitriles is 1. The normalized spacial score (nSPS) is 10.6. The van der Waals surface area contributed by atoms with Crippen LogP contribution in [0.1, 0.15) is 5.56 Å². The predicted molar refractivity (Wildman–Crippen MR) is 135 cm³/mol. The van der Waals surface area contributed by atoms with Gasteiger partial charge < -0.3 is 20.1 Å². The van der Waals surface area contributed by atoms with Gasteiger partial charge in [0.05, 0.1) is 12.8 Å². The number of amides is 2. The van der Waals surface area contributed by atoms with Crippen LogP contribution in [0, 0.1) is 14.9 Å². The second-order valence-corrected chi connectivity index (χ2v) is 7.90. The molecule has 0 aliphatic carbocycles. The van der Waals surface area contributed by atoms with Gasteiger partial charge in [-0.15, -0.1) is 0 Å². The van der Waals surface area contributed by atoms with Crippen molar-refractivity contribution in [1.29, 1.82) is 5.26 Å². The van der Waals surface area contributed by atoms with E-state index in [2.05, 4.69) is 33.2 Å². The van der Waals surface area contributed by atoms with E-state index in [-0.39, 0.29) is 18.1 Å². The number of hydrogen-bond acceptors (Lipinski definition) is 5. The first-order valence-electron chi connectivity index (χ1n) is 9.83. The lowest BCUT2D eigenvalue weighted by Gasteiger charge is -2.09. The van der Waals surface area contributed by atoms with Crippen molar-refractivity contribution >= 4 is 51.9 Å². The molecule has 3 rings (SSSR count). The molecule has 0 saturated carbocycles. The fourth-order valence-electron chi connectivity index (χ4n) is 2.75. The van der Waals surface area contributed by atoms with E-state index in [0.29, 0.717) is 22.7 Å². The SMILES string of the molecule is COc1ccc(NC(=O)/C(C#N)=C/c2ccc(OCC(=O)Nc3ccccc3I)cc2)cc1. The van der Waals surface area contributed by atoms with Gasteiger partial charge in [0, 0.05) is 9.26 Å². The number of hydrogen-bond donors (Lipinski definition) is 2.